The summed E-state index contributed by atoms with van der Waals surface area (Å²) in [7, 11) is 1.47. The molecule has 2 aromatic carbocycles. The molecule has 6 heteroatoms. The number of rotatable bonds is 10. The van der Waals surface area contributed by atoms with E-state index in [4.69, 9.17) is 9.47 Å². The molecule has 0 aliphatic heterocycles. The standard InChI is InChI=1S/C26H32F4O2/c1-3-14-32-16-12-17-4-6-18(7-5-17)20-10-11-22(26(30)24(20)28)21-9-8-19(13-15-31-2)23(27)25(21)29/h8-11,17-18H,3-7,12-16H2,1-2H3. The minimum atomic E-state index is -1.17. The smallest absolute Gasteiger partial charge is 0.167 e. The third-order valence-corrected chi connectivity index (χ3v) is 6.45. The monoisotopic (exact) mass is 452 g/mol. The van der Waals surface area contributed by atoms with Gasteiger partial charge in [0.05, 0.1) is 6.61 Å². The Labute approximate surface area is 187 Å². The van der Waals surface area contributed by atoms with Gasteiger partial charge in [-0.3, -0.25) is 0 Å². The zero-order valence-electron chi connectivity index (χ0n) is 18.9. The van der Waals surface area contributed by atoms with Gasteiger partial charge in [-0.1, -0.05) is 31.2 Å². The molecule has 2 aromatic rings. The zero-order valence-corrected chi connectivity index (χ0v) is 18.9. The van der Waals surface area contributed by atoms with Gasteiger partial charge in [-0.2, -0.15) is 0 Å². The quantitative estimate of drug-likeness (QED) is 0.281. The van der Waals surface area contributed by atoms with Crippen molar-refractivity contribution in [1.82, 2.24) is 0 Å². The van der Waals surface area contributed by atoms with E-state index in [1.165, 1.54) is 31.4 Å². The molecule has 0 spiro atoms. The maximum atomic E-state index is 15.0. The van der Waals surface area contributed by atoms with E-state index in [9.17, 15) is 17.6 Å². The van der Waals surface area contributed by atoms with E-state index in [0.717, 1.165) is 51.7 Å². The van der Waals surface area contributed by atoms with E-state index in [1.807, 2.05) is 0 Å². The van der Waals surface area contributed by atoms with Crippen LogP contribution in [0.2, 0.25) is 0 Å². The SMILES string of the molecule is CCCOCCC1CCC(c2ccc(-c3ccc(CCOC)c(F)c3F)c(F)c2F)CC1. The molecule has 0 aromatic heterocycles. The van der Waals surface area contributed by atoms with Gasteiger partial charge in [-0.05, 0) is 67.9 Å². The molecule has 1 saturated carbocycles. The van der Waals surface area contributed by atoms with Gasteiger partial charge in [0.1, 0.15) is 0 Å². The van der Waals surface area contributed by atoms with Gasteiger partial charge in [0.2, 0.25) is 0 Å². The van der Waals surface area contributed by atoms with Crippen molar-refractivity contribution in [3.05, 3.63) is 58.7 Å². The fraction of sp³-hybridized carbons (Fsp3) is 0.538. The van der Waals surface area contributed by atoms with E-state index in [0.29, 0.717) is 11.5 Å². The van der Waals surface area contributed by atoms with Crippen LogP contribution in [0, 0.1) is 29.2 Å². The van der Waals surface area contributed by atoms with E-state index in [1.54, 1.807) is 0 Å². The van der Waals surface area contributed by atoms with Crippen molar-refractivity contribution in [3.63, 3.8) is 0 Å². The van der Waals surface area contributed by atoms with Crippen LogP contribution in [0.15, 0.2) is 24.3 Å². The Morgan fingerprint density at radius 2 is 1.44 bits per heavy atom. The summed E-state index contributed by atoms with van der Waals surface area (Å²) in [6.45, 7) is 3.83. The average molecular weight is 453 g/mol. The summed E-state index contributed by atoms with van der Waals surface area (Å²) in [5.41, 5.74) is -0.0721. The summed E-state index contributed by atoms with van der Waals surface area (Å²) >= 11 is 0. The van der Waals surface area contributed by atoms with Crippen molar-refractivity contribution in [2.45, 2.75) is 57.8 Å². The lowest BCUT2D eigenvalue weighted by molar-refractivity contribution is 0.113. The first-order valence-corrected chi connectivity index (χ1v) is 11.5. The Morgan fingerprint density at radius 3 is 2.09 bits per heavy atom. The lowest BCUT2D eigenvalue weighted by Crippen LogP contribution is -2.16. The molecule has 1 fully saturated rings. The second-order valence-corrected chi connectivity index (χ2v) is 8.59. The van der Waals surface area contributed by atoms with Crippen LogP contribution in [0.3, 0.4) is 0 Å². The summed E-state index contributed by atoms with van der Waals surface area (Å²) in [5, 5.41) is 0. The first kappa shape index (κ1) is 24.7. The molecule has 0 atom stereocenters. The maximum absolute atomic E-state index is 15.0. The topological polar surface area (TPSA) is 18.5 Å². The molecule has 0 radical (unpaired) electrons. The molecule has 0 saturated heterocycles. The van der Waals surface area contributed by atoms with Gasteiger partial charge in [-0.25, -0.2) is 17.6 Å². The third kappa shape index (κ3) is 5.70. The van der Waals surface area contributed by atoms with Crippen molar-refractivity contribution in [2.75, 3.05) is 26.9 Å². The van der Waals surface area contributed by atoms with Crippen molar-refractivity contribution in [3.8, 4) is 11.1 Å². The maximum Gasteiger partial charge on any atom is 0.167 e. The van der Waals surface area contributed by atoms with Gasteiger partial charge in [0.25, 0.3) is 0 Å². The van der Waals surface area contributed by atoms with Crippen molar-refractivity contribution < 1.29 is 27.0 Å². The van der Waals surface area contributed by atoms with Crippen LogP contribution in [0.1, 0.15) is 62.5 Å². The number of hydrogen-bond donors (Lipinski definition) is 0. The van der Waals surface area contributed by atoms with Gasteiger partial charge in [0.15, 0.2) is 23.3 Å². The first-order chi connectivity index (χ1) is 15.5. The molecule has 1 aliphatic carbocycles. The van der Waals surface area contributed by atoms with Gasteiger partial charge in [-0.15, -0.1) is 0 Å². The second-order valence-electron chi connectivity index (χ2n) is 8.59. The highest BCUT2D eigenvalue weighted by Crippen LogP contribution is 2.40. The molecule has 32 heavy (non-hydrogen) atoms. The summed E-state index contributed by atoms with van der Waals surface area (Å²) in [6, 6.07) is 5.58. The Balaban J connectivity index is 1.72. The van der Waals surface area contributed by atoms with E-state index in [2.05, 4.69) is 6.92 Å². The highest BCUT2D eigenvalue weighted by Gasteiger charge is 2.27. The number of halogens is 4. The van der Waals surface area contributed by atoms with Crippen LogP contribution in [0.5, 0.6) is 0 Å². The number of ether oxygens (including phenoxy) is 2. The largest absolute Gasteiger partial charge is 0.384 e. The number of benzene rings is 2. The Bertz CT molecular complexity index is 892. The lowest BCUT2D eigenvalue weighted by Gasteiger charge is -2.29. The van der Waals surface area contributed by atoms with E-state index < -0.39 is 23.3 Å². The molecule has 0 heterocycles. The predicted octanol–water partition coefficient (Wildman–Crippen LogP) is 7.19. The number of methoxy groups -OCH3 is 1. The minimum Gasteiger partial charge on any atom is -0.384 e. The van der Waals surface area contributed by atoms with Gasteiger partial charge < -0.3 is 9.47 Å². The van der Waals surface area contributed by atoms with Crippen LogP contribution >= 0.6 is 0 Å². The number of hydrogen-bond acceptors (Lipinski definition) is 2. The van der Waals surface area contributed by atoms with Crippen molar-refractivity contribution in [2.24, 2.45) is 5.92 Å². The third-order valence-electron chi connectivity index (χ3n) is 6.45. The normalized spacial score (nSPS) is 18.8. The molecular formula is C26H32F4O2. The van der Waals surface area contributed by atoms with E-state index in [-0.39, 0.29) is 35.6 Å². The van der Waals surface area contributed by atoms with Gasteiger partial charge in [0, 0.05) is 31.5 Å². The molecule has 0 N–H and O–H groups in total. The zero-order chi connectivity index (χ0) is 23.1. The van der Waals surface area contributed by atoms with Crippen molar-refractivity contribution >= 4 is 0 Å². The fourth-order valence-corrected chi connectivity index (χ4v) is 4.55. The fourth-order valence-electron chi connectivity index (χ4n) is 4.55. The molecule has 0 bridgehead atoms. The molecule has 3 rings (SSSR count). The summed E-state index contributed by atoms with van der Waals surface area (Å²) < 4.78 is 69.4. The highest BCUT2D eigenvalue weighted by molar-refractivity contribution is 5.66. The minimum absolute atomic E-state index is 0.0654. The Hall–Kier alpha value is -1.92. The van der Waals surface area contributed by atoms with Crippen LogP contribution in [-0.4, -0.2) is 26.9 Å². The molecule has 2 nitrogen and oxygen atoms in total. The Kier molecular flexibility index (Phi) is 9.11. The Morgan fingerprint density at radius 1 is 0.781 bits per heavy atom. The lowest BCUT2D eigenvalue weighted by atomic mass is 9.77. The predicted molar refractivity (Wildman–Crippen MR) is 118 cm³/mol. The van der Waals surface area contributed by atoms with Gasteiger partial charge >= 0.3 is 0 Å². The summed E-state index contributed by atoms with van der Waals surface area (Å²) in [6.07, 6.45) is 5.66. The highest BCUT2D eigenvalue weighted by atomic mass is 19.2. The van der Waals surface area contributed by atoms with Crippen LogP contribution in [-0.2, 0) is 15.9 Å². The molecular weight excluding hydrogens is 420 g/mol. The summed E-state index contributed by atoms with van der Waals surface area (Å²) in [4.78, 5) is 0. The summed E-state index contributed by atoms with van der Waals surface area (Å²) in [5.74, 6) is -3.82. The van der Waals surface area contributed by atoms with E-state index >= 15 is 0 Å². The molecule has 176 valence electrons. The van der Waals surface area contributed by atoms with Crippen LogP contribution < -0.4 is 0 Å². The van der Waals surface area contributed by atoms with Crippen molar-refractivity contribution in [1.29, 1.82) is 0 Å². The van der Waals surface area contributed by atoms with Crippen LogP contribution in [0.25, 0.3) is 11.1 Å². The molecule has 0 amide bonds. The molecule has 0 unspecified atom stereocenters. The van der Waals surface area contributed by atoms with Crippen LogP contribution in [0.4, 0.5) is 17.6 Å². The molecule has 1 aliphatic rings. The first-order valence-electron chi connectivity index (χ1n) is 11.5. The second kappa shape index (κ2) is 11.8. The average Bonchev–Trinajstić information content (AvgIpc) is 2.80.